The standard InChI is InChI=1S/C14H17N3OS/c1-2-7-15-8-13-16-17-14(18-13)11-9-19-12-6-4-3-5-10(11)12/h3-6,11,15H,2,7-9H2,1H3. The van der Waals surface area contributed by atoms with Crippen LogP contribution in [0.1, 0.15) is 36.6 Å². The lowest BCUT2D eigenvalue weighted by atomic mass is 10.0. The molecule has 0 bridgehead atoms. The number of fused-ring (bicyclic) bond motifs is 1. The van der Waals surface area contributed by atoms with Crippen molar-refractivity contribution in [3.63, 3.8) is 0 Å². The van der Waals surface area contributed by atoms with Crippen LogP contribution in [0.4, 0.5) is 0 Å². The molecule has 0 fully saturated rings. The first-order chi connectivity index (χ1) is 9.38. The van der Waals surface area contributed by atoms with E-state index < -0.39 is 0 Å². The van der Waals surface area contributed by atoms with Crippen molar-refractivity contribution < 1.29 is 4.42 Å². The Hall–Kier alpha value is -1.33. The van der Waals surface area contributed by atoms with Crippen LogP contribution < -0.4 is 5.32 Å². The largest absolute Gasteiger partial charge is 0.423 e. The topological polar surface area (TPSA) is 51.0 Å². The summed E-state index contributed by atoms with van der Waals surface area (Å²) in [6.45, 7) is 3.76. The number of thioether (sulfide) groups is 1. The van der Waals surface area contributed by atoms with Crippen molar-refractivity contribution in [3.05, 3.63) is 41.6 Å². The lowest BCUT2D eigenvalue weighted by Crippen LogP contribution is -2.13. The molecule has 1 aliphatic heterocycles. The van der Waals surface area contributed by atoms with Gasteiger partial charge in [-0.2, -0.15) is 0 Å². The predicted octanol–water partition coefficient (Wildman–Crippen LogP) is 2.81. The number of aromatic nitrogens is 2. The second-order valence-corrected chi connectivity index (χ2v) is 5.67. The molecule has 0 aliphatic carbocycles. The highest BCUT2D eigenvalue weighted by atomic mass is 32.2. The van der Waals surface area contributed by atoms with Crippen molar-refractivity contribution in [2.24, 2.45) is 0 Å². The summed E-state index contributed by atoms with van der Waals surface area (Å²) in [6.07, 6.45) is 1.10. The van der Waals surface area contributed by atoms with E-state index >= 15 is 0 Å². The van der Waals surface area contributed by atoms with Crippen molar-refractivity contribution in [1.82, 2.24) is 15.5 Å². The summed E-state index contributed by atoms with van der Waals surface area (Å²) in [4.78, 5) is 1.33. The molecule has 1 aromatic heterocycles. The molecular weight excluding hydrogens is 258 g/mol. The fourth-order valence-electron chi connectivity index (χ4n) is 2.22. The molecule has 3 rings (SSSR count). The Kier molecular flexibility index (Phi) is 3.84. The Balaban J connectivity index is 1.74. The lowest BCUT2D eigenvalue weighted by Gasteiger charge is -2.04. The van der Waals surface area contributed by atoms with E-state index in [2.05, 4.69) is 46.7 Å². The molecule has 1 aliphatic rings. The van der Waals surface area contributed by atoms with Crippen molar-refractivity contribution in [3.8, 4) is 0 Å². The van der Waals surface area contributed by atoms with Crippen LogP contribution in [0.15, 0.2) is 33.6 Å². The molecule has 1 N–H and O–H groups in total. The Morgan fingerprint density at radius 3 is 3.16 bits per heavy atom. The Morgan fingerprint density at radius 1 is 1.37 bits per heavy atom. The average molecular weight is 275 g/mol. The van der Waals surface area contributed by atoms with Gasteiger partial charge in [-0.25, -0.2) is 0 Å². The minimum absolute atomic E-state index is 0.244. The number of nitrogens with one attached hydrogen (secondary N) is 1. The maximum atomic E-state index is 5.77. The van der Waals surface area contributed by atoms with Crippen LogP contribution in [0.25, 0.3) is 0 Å². The van der Waals surface area contributed by atoms with Gasteiger partial charge in [0.25, 0.3) is 0 Å². The zero-order valence-corrected chi connectivity index (χ0v) is 11.7. The van der Waals surface area contributed by atoms with Gasteiger partial charge in [0.05, 0.1) is 12.5 Å². The minimum atomic E-state index is 0.244. The molecule has 0 amide bonds. The lowest BCUT2D eigenvalue weighted by molar-refractivity contribution is 0.425. The van der Waals surface area contributed by atoms with Gasteiger partial charge in [0.15, 0.2) is 0 Å². The number of hydrogen-bond acceptors (Lipinski definition) is 5. The van der Waals surface area contributed by atoms with Crippen LogP contribution in [-0.4, -0.2) is 22.5 Å². The summed E-state index contributed by atoms with van der Waals surface area (Å²) in [5, 5.41) is 11.6. The van der Waals surface area contributed by atoms with Gasteiger partial charge in [-0.1, -0.05) is 25.1 Å². The molecule has 1 atom stereocenters. The van der Waals surface area contributed by atoms with Crippen molar-refractivity contribution in [1.29, 1.82) is 0 Å². The van der Waals surface area contributed by atoms with E-state index in [9.17, 15) is 0 Å². The molecular formula is C14H17N3OS. The second kappa shape index (κ2) is 5.75. The molecule has 2 aromatic rings. The molecule has 0 radical (unpaired) electrons. The third-order valence-electron chi connectivity index (χ3n) is 3.18. The van der Waals surface area contributed by atoms with Crippen LogP contribution in [0.2, 0.25) is 0 Å². The molecule has 0 saturated heterocycles. The summed E-state index contributed by atoms with van der Waals surface area (Å²) >= 11 is 1.86. The van der Waals surface area contributed by atoms with Gasteiger partial charge in [-0.3, -0.25) is 0 Å². The molecule has 19 heavy (non-hydrogen) atoms. The molecule has 1 unspecified atom stereocenters. The van der Waals surface area contributed by atoms with E-state index in [1.54, 1.807) is 0 Å². The van der Waals surface area contributed by atoms with E-state index in [0.29, 0.717) is 12.4 Å². The SMILES string of the molecule is CCCNCc1nnc(C2CSc3ccccc32)o1. The van der Waals surface area contributed by atoms with Crippen LogP contribution in [0.3, 0.4) is 0 Å². The average Bonchev–Trinajstić information content (AvgIpc) is 3.05. The van der Waals surface area contributed by atoms with Gasteiger partial charge >= 0.3 is 0 Å². The first-order valence-corrected chi connectivity index (χ1v) is 7.61. The van der Waals surface area contributed by atoms with Crippen LogP contribution in [0.5, 0.6) is 0 Å². The Labute approximate surface area is 117 Å². The highest BCUT2D eigenvalue weighted by molar-refractivity contribution is 7.99. The number of hydrogen-bond donors (Lipinski definition) is 1. The van der Waals surface area contributed by atoms with Crippen LogP contribution >= 0.6 is 11.8 Å². The highest BCUT2D eigenvalue weighted by Gasteiger charge is 2.28. The van der Waals surface area contributed by atoms with Gasteiger partial charge in [0, 0.05) is 10.6 Å². The third kappa shape index (κ3) is 2.67. The monoisotopic (exact) mass is 275 g/mol. The maximum Gasteiger partial charge on any atom is 0.230 e. The van der Waals surface area contributed by atoms with E-state index in [4.69, 9.17) is 4.42 Å². The predicted molar refractivity (Wildman–Crippen MR) is 75.3 cm³/mol. The highest BCUT2D eigenvalue weighted by Crippen LogP contribution is 2.42. The zero-order valence-electron chi connectivity index (χ0n) is 10.9. The fraction of sp³-hybridized carbons (Fsp3) is 0.429. The smallest absolute Gasteiger partial charge is 0.230 e. The van der Waals surface area contributed by atoms with Gasteiger partial charge in [0.2, 0.25) is 11.8 Å². The minimum Gasteiger partial charge on any atom is -0.423 e. The number of rotatable bonds is 5. The molecule has 2 heterocycles. The summed E-state index contributed by atoms with van der Waals surface area (Å²) in [5.74, 6) is 2.65. The second-order valence-electron chi connectivity index (χ2n) is 4.61. The summed E-state index contributed by atoms with van der Waals surface area (Å²) in [5.41, 5.74) is 1.31. The first-order valence-electron chi connectivity index (χ1n) is 6.63. The fourth-order valence-corrected chi connectivity index (χ4v) is 3.44. The Bertz CT molecular complexity index is 555. The van der Waals surface area contributed by atoms with E-state index in [1.165, 1.54) is 10.5 Å². The maximum absolute atomic E-state index is 5.77. The normalized spacial score (nSPS) is 17.6. The molecule has 0 saturated carbocycles. The third-order valence-corrected chi connectivity index (χ3v) is 4.37. The number of nitrogens with zero attached hydrogens (tertiary/aromatic N) is 2. The zero-order chi connectivity index (χ0) is 13.1. The van der Waals surface area contributed by atoms with Crippen molar-refractivity contribution in [2.75, 3.05) is 12.3 Å². The Morgan fingerprint density at radius 2 is 2.26 bits per heavy atom. The van der Waals surface area contributed by atoms with Crippen LogP contribution in [0, 0.1) is 0 Å². The summed E-state index contributed by atoms with van der Waals surface area (Å²) in [6, 6.07) is 8.44. The van der Waals surface area contributed by atoms with E-state index in [-0.39, 0.29) is 5.92 Å². The quantitative estimate of drug-likeness (QED) is 0.850. The summed E-state index contributed by atoms with van der Waals surface area (Å²) < 4.78 is 5.77. The van der Waals surface area contributed by atoms with E-state index in [0.717, 1.165) is 24.6 Å². The molecule has 100 valence electrons. The van der Waals surface area contributed by atoms with Crippen molar-refractivity contribution >= 4 is 11.8 Å². The molecule has 1 aromatic carbocycles. The van der Waals surface area contributed by atoms with Gasteiger partial charge < -0.3 is 9.73 Å². The number of benzene rings is 1. The first kappa shape index (κ1) is 12.7. The van der Waals surface area contributed by atoms with E-state index in [1.807, 2.05) is 11.8 Å². The molecule has 5 heteroatoms. The molecule has 0 spiro atoms. The van der Waals surface area contributed by atoms with Crippen molar-refractivity contribution in [2.45, 2.75) is 30.7 Å². The van der Waals surface area contributed by atoms with Crippen LogP contribution in [-0.2, 0) is 6.54 Å². The van der Waals surface area contributed by atoms with Gasteiger partial charge in [0.1, 0.15) is 0 Å². The van der Waals surface area contributed by atoms with Gasteiger partial charge in [-0.05, 0) is 24.6 Å². The summed E-state index contributed by atoms with van der Waals surface area (Å²) in [7, 11) is 0. The molecule has 4 nitrogen and oxygen atoms in total. The van der Waals surface area contributed by atoms with Gasteiger partial charge in [-0.15, -0.1) is 22.0 Å².